The highest BCUT2D eigenvalue weighted by atomic mass is 19.1. The van der Waals surface area contributed by atoms with E-state index in [1.54, 1.807) is 0 Å². The van der Waals surface area contributed by atoms with Crippen LogP contribution < -0.4 is 0 Å². The molecule has 1 aromatic carbocycles. The van der Waals surface area contributed by atoms with Crippen LogP contribution >= 0.6 is 0 Å². The van der Waals surface area contributed by atoms with Gasteiger partial charge in [0, 0.05) is 12.0 Å². The predicted molar refractivity (Wildman–Crippen MR) is 90.6 cm³/mol. The van der Waals surface area contributed by atoms with Gasteiger partial charge in [0.15, 0.2) is 0 Å². The molecule has 0 saturated heterocycles. The third kappa shape index (κ3) is 4.50. The van der Waals surface area contributed by atoms with Gasteiger partial charge in [-0.3, -0.25) is 4.79 Å². The first-order chi connectivity index (χ1) is 12.2. The minimum Gasteiger partial charge on any atom is -0.481 e. The number of benzene rings is 1. The molecule has 2 rings (SSSR count). The number of nitrogens with zero attached hydrogens (tertiary/aromatic N) is 4. The molecule has 3 unspecified atom stereocenters. The molecule has 0 aliphatic carbocycles. The fourth-order valence-corrected chi connectivity index (χ4v) is 2.43. The van der Waals surface area contributed by atoms with Crippen LogP contribution in [0.3, 0.4) is 0 Å². The highest BCUT2D eigenvalue weighted by Gasteiger charge is 2.31. The molecule has 0 aliphatic rings. The largest absolute Gasteiger partial charge is 0.481 e. The van der Waals surface area contributed by atoms with Crippen molar-refractivity contribution in [1.29, 1.82) is 0 Å². The normalized spacial score (nSPS) is 14.8. The predicted octanol–water partition coefficient (Wildman–Crippen LogP) is 1.39. The van der Waals surface area contributed by atoms with Crippen molar-refractivity contribution in [2.24, 2.45) is 0 Å². The molecule has 0 radical (unpaired) electrons. The number of aromatic nitrogens is 4. The molecule has 1 aromatic heterocycles. The van der Waals surface area contributed by atoms with Gasteiger partial charge in [0.05, 0.1) is 18.2 Å². The Labute approximate surface area is 149 Å². The van der Waals surface area contributed by atoms with Gasteiger partial charge in [0.1, 0.15) is 11.7 Å². The van der Waals surface area contributed by atoms with Gasteiger partial charge in [-0.2, -0.15) is 4.80 Å². The van der Waals surface area contributed by atoms with E-state index in [0.29, 0.717) is 0 Å². The summed E-state index contributed by atoms with van der Waals surface area (Å²) in [6.45, 7) is 7.41. The van der Waals surface area contributed by atoms with Gasteiger partial charge in [0.2, 0.25) is 5.82 Å². The van der Waals surface area contributed by atoms with Crippen LogP contribution in [0.25, 0.3) is 5.57 Å². The molecule has 0 bridgehead atoms. The van der Waals surface area contributed by atoms with Gasteiger partial charge in [-0.15, -0.1) is 10.2 Å². The van der Waals surface area contributed by atoms with E-state index in [4.69, 9.17) is 0 Å². The second kappa shape index (κ2) is 8.15. The molecule has 3 atom stereocenters. The fraction of sp³-hybridized carbons (Fsp3) is 0.412. The molecule has 0 amide bonds. The van der Waals surface area contributed by atoms with E-state index in [9.17, 15) is 24.5 Å². The molecular formula is C17H21FN4O4. The van der Waals surface area contributed by atoms with Crippen molar-refractivity contribution >= 4 is 11.5 Å². The maximum absolute atomic E-state index is 13.0. The molecule has 0 saturated carbocycles. The van der Waals surface area contributed by atoms with Crippen molar-refractivity contribution in [1.82, 2.24) is 20.2 Å². The SMILES string of the molecule is C=C(c1nnn(C(C)C)n1)C(O)CC(O)C(C(=O)O)c1ccc(F)cc1. The smallest absolute Gasteiger partial charge is 0.313 e. The van der Waals surface area contributed by atoms with E-state index in [0.717, 1.165) is 12.1 Å². The summed E-state index contributed by atoms with van der Waals surface area (Å²) >= 11 is 0. The van der Waals surface area contributed by atoms with Crippen LogP contribution in [0.1, 0.15) is 43.6 Å². The van der Waals surface area contributed by atoms with Crippen molar-refractivity contribution in [2.45, 2.75) is 44.4 Å². The number of halogens is 1. The summed E-state index contributed by atoms with van der Waals surface area (Å²) in [7, 11) is 0. The number of aliphatic hydroxyl groups excluding tert-OH is 2. The summed E-state index contributed by atoms with van der Waals surface area (Å²) in [5.41, 5.74) is 0.354. The maximum atomic E-state index is 13.0. The van der Waals surface area contributed by atoms with Crippen molar-refractivity contribution in [3.8, 4) is 0 Å². The number of carboxylic acids is 1. The Morgan fingerprint density at radius 2 is 1.88 bits per heavy atom. The van der Waals surface area contributed by atoms with Gasteiger partial charge in [-0.25, -0.2) is 4.39 Å². The third-order valence-corrected chi connectivity index (χ3v) is 3.92. The van der Waals surface area contributed by atoms with Crippen molar-refractivity contribution < 1.29 is 24.5 Å². The van der Waals surface area contributed by atoms with E-state index in [-0.39, 0.29) is 29.4 Å². The van der Waals surface area contributed by atoms with Crippen LogP contribution in [0.2, 0.25) is 0 Å². The summed E-state index contributed by atoms with van der Waals surface area (Å²) < 4.78 is 13.0. The monoisotopic (exact) mass is 364 g/mol. The Kier molecular flexibility index (Phi) is 6.17. The molecule has 0 fully saturated rings. The lowest BCUT2D eigenvalue weighted by Crippen LogP contribution is -2.30. The van der Waals surface area contributed by atoms with E-state index in [1.165, 1.54) is 16.9 Å². The van der Waals surface area contributed by atoms with Gasteiger partial charge in [-0.1, -0.05) is 18.7 Å². The number of carboxylic acid groups (broad SMARTS) is 1. The fourth-order valence-electron chi connectivity index (χ4n) is 2.43. The number of hydrogen-bond donors (Lipinski definition) is 3. The summed E-state index contributed by atoms with van der Waals surface area (Å²) in [5.74, 6) is -3.00. The van der Waals surface area contributed by atoms with Gasteiger partial charge in [-0.05, 0) is 36.8 Å². The number of rotatable bonds is 8. The van der Waals surface area contributed by atoms with Crippen LogP contribution in [0, 0.1) is 5.82 Å². The zero-order valence-corrected chi connectivity index (χ0v) is 14.4. The van der Waals surface area contributed by atoms with Crippen molar-refractivity contribution in [3.05, 3.63) is 48.0 Å². The molecule has 0 spiro atoms. The zero-order chi connectivity index (χ0) is 19.4. The second-order valence-corrected chi connectivity index (χ2v) is 6.24. The molecule has 3 N–H and O–H groups in total. The first kappa shape index (κ1) is 19.7. The summed E-state index contributed by atoms with van der Waals surface area (Å²) in [6, 6.07) is 4.77. The Morgan fingerprint density at radius 3 is 2.38 bits per heavy atom. The van der Waals surface area contributed by atoms with E-state index in [2.05, 4.69) is 22.0 Å². The van der Waals surface area contributed by atoms with Crippen molar-refractivity contribution in [3.63, 3.8) is 0 Å². The third-order valence-electron chi connectivity index (χ3n) is 3.92. The number of aliphatic carboxylic acids is 1. The lowest BCUT2D eigenvalue weighted by molar-refractivity contribution is -0.142. The Hall–Kier alpha value is -2.65. The highest BCUT2D eigenvalue weighted by Crippen LogP contribution is 2.26. The van der Waals surface area contributed by atoms with E-state index < -0.39 is 29.9 Å². The summed E-state index contributed by atoms with van der Waals surface area (Å²) in [5, 5.41) is 41.7. The van der Waals surface area contributed by atoms with Crippen LogP contribution in [0.4, 0.5) is 4.39 Å². The average Bonchev–Trinajstić information content (AvgIpc) is 3.06. The average molecular weight is 364 g/mol. The highest BCUT2D eigenvalue weighted by molar-refractivity contribution is 5.77. The molecular weight excluding hydrogens is 343 g/mol. The van der Waals surface area contributed by atoms with Gasteiger partial charge >= 0.3 is 5.97 Å². The number of carbonyl (C=O) groups is 1. The van der Waals surface area contributed by atoms with Crippen LogP contribution in [0.5, 0.6) is 0 Å². The quantitative estimate of drug-likeness (QED) is 0.647. The first-order valence-corrected chi connectivity index (χ1v) is 8.03. The lowest BCUT2D eigenvalue weighted by atomic mass is 9.89. The number of tetrazole rings is 1. The van der Waals surface area contributed by atoms with Crippen LogP contribution in [-0.2, 0) is 4.79 Å². The summed E-state index contributed by atoms with van der Waals surface area (Å²) in [4.78, 5) is 12.9. The van der Waals surface area contributed by atoms with Gasteiger partial charge in [0.25, 0.3) is 0 Å². The second-order valence-electron chi connectivity index (χ2n) is 6.24. The lowest BCUT2D eigenvalue weighted by Gasteiger charge is -2.22. The Bertz CT molecular complexity index is 775. The summed E-state index contributed by atoms with van der Waals surface area (Å²) in [6.07, 6.45) is -2.99. The molecule has 26 heavy (non-hydrogen) atoms. The molecule has 9 heteroatoms. The minimum absolute atomic E-state index is 0.0262. The van der Waals surface area contributed by atoms with E-state index in [1.807, 2.05) is 13.8 Å². The van der Waals surface area contributed by atoms with E-state index >= 15 is 0 Å². The molecule has 1 heterocycles. The molecule has 0 aliphatic heterocycles. The molecule has 2 aromatic rings. The van der Waals surface area contributed by atoms with Crippen molar-refractivity contribution in [2.75, 3.05) is 0 Å². The van der Waals surface area contributed by atoms with Gasteiger partial charge < -0.3 is 15.3 Å². The standard InChI is InChI=1S/C17H21FN4O4/c1-9(2)22-20-16(19-21-22)10(3)13(23)8-14(24)15(17(25)26)11-4-6-12(18)7-5-11/h4-7,9,13-15,23-24H,3,8H2,1-2H3,(H,25,26). The minimum atomic E-state index is -1.43. The van der Waals surface area contributed by atoms with Crippen LogP contribution in [-0.4, -0.2) is 53.7 Å². The Morgan fingerprint density at radius 1 is 1.27 bits per heavy atom. The topological polar surface area (TPSA) is 121 Å². The number of hydrogen-bond acceptors (Lipinski definition) is 6. The molecule has 8 nitrogen and oxygen atoms in total. The zero-order valence-electron chi connectivity index (χ0n) is 14.4. The molecule has 140 valence electrons. The maximum Gasteiger partial charge on any atom is 0.313 e. The Balaban J connectivity index is 2.12. The first-order valence-electron chi connectivity index (χ1n) is 8.03. The van der Waals surface area contributed by atoms with Crippen LogP contribution in [0.15, 0.2) is 30.8 Å². The number of aliphatic hydroxyl groups is 2.